The standard InChI is InChI=1S/C30H29ClFNO4/c1-18(2)17-37-25-13-8-22(16-19(25)3)28(34)26-27(21-6-9-23(31)10-7-21)33(30(36)29(26)35)15-14-20-4-11-24(32)12-5-20/h4-13,16,18,27,34H,14-15,17H2,1-3H3/b28-26-. The Balaban J connectivity index is 1.72. The fourth-order valence-electron chi connectivity index (χ4n) is 4.37. The Hall–Kier alpha value is -3.64. The van der Waals surface area contributed by atoms with Gasteiger partial charge in [-0.05, 0) is 78.4 Å². The van der Waals surface area contributed by atoms with Gasteiger partial charge in [-0.25, -0.2) is 4.39 Å². The van der Waals surface area contributed by atoms with Gasteiger partial charge in [0.15, 0.2) is 0 Å². The van der Waals surface area contributed by atoms with E-state index in [1.54, 1.807) is 54.6 Å². The number of ketones is 1. The third-order valence-corrected chi connectivity index (χ3v) is 6.55. The smallest absolute Gasteiger partial charge is 0.295 e. The van der Waals surface area contributed by atoms with Crippen LogP contribution in [0.25, 0.3) is 5.76 Å². The van der Waals surface area contributed by atoms with Crippen LogP contribution in [0.3, 0.4) is 0 Å². The molecule has 5 nitrogen and oxygen atoms in total. The summed E-state index contributed by atoms with van der Waals surface area (Å²) in [7, 11) is 0. The zero-order valence-corrected chi connectivity index (χ0v) is 21.8. The molecule has 1 N–H and O–H groups in total. The number of likely N-dealkylation sites (tertiary alicyclic amines) is 1. The van der Waals surface area contributed by atoms with Gasteiger partial charge in [0.05, 0.1) is 18.2 Å². The quantitative estimate of drug-likeness (QED) is 0.209. The summed E-state index contributed by atoms with van der Waals surface area (Å²) in [5, 5.41) is 11.8. The zero-order valence-electron chi connectivity index (χ0n) is 21.0. The fraction of sp³-hybridized carbons (Fsp3) is 0.267. The number of ether oxygens (including phenoxy) is 1. The molecule has 1 heterocycles. The fourth-order valence-corrected chi connectivity index (χ4v) is 4.50. The van der Waals surface area contributed by atoms with Crippen LogP contribution in [-0.2, 0) is 16.0 Å². The molecule has 1 unspecified atom stereocenters. The predicted molar refractivity (Wildman–Crippen MR) is 142 cm³/mol. The van der Waals surface area contributed by atoms with Crippen LogP contribution in [0, 0.1) is 18.7 Å². The Morgan fingerprint density at radius 1 is 1.05 bits per heavy atom. The second-order valence-electron chi connectivity index (χ2n) is 9.61. The number of carbonyl (C=O) groups is 2. The second kappa shape index (κ2) is 11.2. The van der Waals surface area contributed by atoms with Crippen LogP contribution in [0.1, 0.15) is 42.1 Å². The molecule has 7 heteroatoms. The number of hydrogen-bond donors (Lipinski definition) is 1. The number of halogens is 2. The average molecular weight is 522 g/mol. The highest BCUT2D eigenvalue weighted by Crippen LogP contribution is 2.40. The SMILES string of the molecule is Cc1cc(/C(O)=C2/C(=O)C(=O)N(CCc3ccc(F)cc3)C2c2ccc(Cl)cc2)ccc1OCC(C)C. The number of benzene rings is 3. The maximum atomic E-state index is 13.3. The molecule has 1 atom stereocenters. The molecule has 0 spiro atoms. The monoisotopic (exact) mass is 521 g/mol. The molecule has 0 aliphatic carbocycles. The van der Waals surface area contributed by atoms with E-state index >= 15 is 0 Å². The highest BCUT2D eigenvalue weighted by molar-refractivity contribution is 6.46. The Labute approximate surface area is 221 Å². The molecule has 0 bridgehead atoms. The van der Waals surface area contributed by atoms with E-state index in [1.165, 1.54) is 17.0 Å². The van der Waals surface area contributed by atoms with Crippen molar-refractivity contribution in [1.82, 2.24) is 4.90 Å². The highest BCUT2D eigenvalue weighted by Gasteiger charge is 2.45. The number of aryl methyl sites for hydroxylation is 1. The summed E-state index contributed by atoms with van der Waals surface area (Å²) in [6, 6.07) is 17.3. The van der Waals surface area contributed by atoms with Gasteiger partial charge in [0.1, 0.15) is 17.3 Å². The molecule has 3 aromatic rings. The van der Waals surface area contributed by atoms with Crippen LogP contribution in [0.15, 0.2) is 72.3 Å². The Bertz CT molecular complexity index is 1330. The van der Waals surface area contributed by atoms with Crippen LogP contribution in [0.5, 0.6) is 5.75 Å². The number of aliphatic hydroxyl groups excluding tert-OH is 1. The van der Waals surface area contributed by atoms with Gasteiger partial charge >= 0.3 is 0 Å². The Morgan fingerprint density at radius 2 is 1.73 bits per heavy atom. The first-order chi connectivity index (χ1) is 17.7. The molecule has 0 aromatic heterocycles. The molecule has 0 radical (unpaired) electrons. The zero-order chi connectivity index (χ0) is 26.7. The van der Waals surface area contributed by atoms with E-state index in [9.17, 15) is 19.1 Å². The van der Waals surface area contributed by atoms with E-state index in [4.69, 9.17) is 16.3 Å². The first kappa shape index (κ1) is 26.4. The topological polar surface area (TPSA) is 66.8 Å². The van der Waals surface area contributed by atoms with Gasteiger partial charge in [-0.2, -0.15) is 0 Å². The third-order valence-electron chi connectivity index (χ3n) is 6.30. The maximum Gasteiger partial charge on any atom is 0.295 e. The van der Waals surface area contributed by atoms with Crippen molar-refractivity contribution in [2.45, 2.75) is 33.2 Å². The Kier molecular flexibility index (Phi) is 7.98. The van der Waals surface area contributed by atoms with Crippen LogP contribution in [0.2, 0.25) is 5.02 Å². The summed E-state index contributed by atoms with van der Waals surface area (Å²) in [5.74, 6) is -0.995. The van der Waals surface area contributed by atoms with Crippen molar-refractivity contribution in [2.24, 2.45) is 5.92 Å². The number of Topliss-reactive ketones (excluding diaryl/α,β-unsaturated/α-hetero) is 1. The van der Waals surface area contributed by atoms with E-state index in [2.05, 4.69) is 13.8 Å². The van der Waals surface area contributed by atoms with E-state index in [0.717, 1.165) is 11.1 Å². The van der Waals surface area contributed by atoms with Gasteiger partial charge in [0.2, 0.25) is 0 Å². The molecule has 192 valence electrons. The molecule has 1 saturated heterocycles. The van der Waals surface area contributed by atoms with Crippen molar-refractivity contribution >= 4 is 29.1 Å². The van der Waals surface area contributed by atoms with E-state index in [-0.39, 0.29) is 23.7 Å². The van der Waals surface area contributed by atoms with E-state index in [1.807, 2.05) is 6.92 Å². The van der Waals surface area contributed by atoms with Crippen molar-refractivity contribution in [2.75, 3.05) is 13.2 Å². The van der Waals surface area contributed by atoms with Gasteiger partial charge in [0.25, 0.3) is 11.7 Å². The number of nitrogens with zero attached hydrogens (tertiary/aromatic N) is 1. The molecule has 1 fully saturated rings. The molecule has 0 saturated carbocycles. The molecule has 4 rings (SSSR count). The molecule has 1 aliphatic heterocycles. The van der Waals surface area contributed by atoms with E-state index in [0.29, 0.717) is 40.8 Å². The van der Waals surface area contributed by atoms with Gasteiger partial charge < -0.3 is 14.7 Å². The molecule has 1 aliphatic rings. The summed E-state index contributed by atoms with van der Waals surface area (Å²) in [6.07, 6.45) is 0.415. The minimum atomic E-state index is -0.796. The first-order valence-corrected chi connectivity index (χ1v) is 12.6. The molecule has 37 heavy (non-hydrogen) atoms. The summed E-state index contributed by atoms with van der Waals surface area (Å²) in [6.45, 7) is 6.75. The summed E-state index contributed by atoms with van der Waals surface area (Å²) >= 11 is 6.09. The molecular weight excluding hydrogens is 493 g/mol. The van der Waals surface area contributed by atoms with Gasteiger partial charge in [-0.15, -0.1) is 0 Å². The number of aliphatic hydroxyl groups is 1. The summed E-state index contributed by atoms with van der Waals surface area (Å²) in [4.78, 5) is 27.9. The minimum absolute atomic E-state index is 0.0154. The molecule has 3 aromatic carbocycles. The predicted octanol–water partition coefficient (Wildman–Crippen LogP) is 6.49. The van der Waals surface area contributed by atoms with Crippen LogP contribution in [0.4, 0.5) is 4.39 Å². The van der Waals surface area contributed by atoms with Gasteiger partial charge in [0, 0.05) is 17.1 Å². The second-order valence-corrected chi connectivity index (χ2v) is 10.0. The first-order valence-electron chi connectivity index (χ1n) is 12.2. The van der Waals surface area contributed by atoms with Crippen LogP contribution >= 0.6 is 11.6 Å². The van der Waals surface area contributed by atoms with Gasteiger partial charge in [-0.1, -0.05) is 49.7 Å². The number of hydrogen-bond acceptors (Lipinski definition) is 4. The third kappa shape index (κ3) is 5.86. The van der Waals surface area contributed by atoms with Crippen molar-refractivity contribution in [3.63, 3.8) is 0 Å². The molecule has 1 amide bonds. The van der Waals surface area contributed by atoms with E-state index < -0.39 is 17.7 Å². The number of carbonyl (C=O) groups excluding carboxylic acids is 2. The average Bonchev–Trinajstić information content (AvgIpc) is 3.12. The largest absolute Gasteiger partial charge is 0.507 e. The Morgan fingerprint density at radius 3 is 2.35 bits per heavy atom. The minimum Gasteiger partial charge on any atom is -0.507 e. The van der Waals surface area contributed by atoms with Crippen molar-refractivity contribution < 1.29 is 23.8 Å². The highest BCUT2D eigenvalue weighted by atomic mass is 35.5. The maximum absolute atomic E-state index is 13.3. The van der Waals surface area contributed by atoms with Crippen molar-refractivity contribution in [3.8, 4) is 5.75 Å². The lowest BCUT2D eigenvalue weighted by molar-refractivity contribution is -0.139. The van der Waals surface area contributed by atoms with Gasteiger partial charge in [-0.3, -0.25) is 9.59 Å². The lowest BCUT2D eigenvalue weighted by atomic mass is 9.94. The number of rotatable bonds is 8. The van der Waals surface area contributed by atoms with Crippen molar-refractivity contribution in [3.05, 3.63) is 105 Å². The van der Waals surface area contributed by atoms with Crippen molar-refractivity contribution in [1.29, 1.82) is 0 Å². The summed E-state index contributed by atoms with van der Waals surface area (Å²) in [5.41, 5.74) is 2.72. The van der Waals surface area contributed by atoms with Crippen LogP contribution < -0.4 is 4.74 Å². The molecular formula is C30H29ClFNO4. The lowest BCUT2D eigenvalue weighted by Crippen LogP contribution is -2.31. The lowest BCUT2D eigenvalue weighted by Gasteiger charge is -2.25. The summed E-state index contributed by atoms with van der Waals surface area (Å²) < 4.78 is 19.2. The number of amides is 1. The van der Waals surface area contributed by atoms with Crippen LogP contribution in [-0.4, -0.2) is 34.8 Å². The normalized spacial score (nSPS) is 17.0.